The lowest BCUT2D eigenvalue weighted by molar-refractivity contribution is -0.144. The highest BCUT2D eigenvalue weighted by Gasteiger charge is 2.43. The largest absolute Gasteiger partial charge is 0.490 e. The molecule has 0 saturated heterocycles. The highest BCUT2D eigenvalue weighted by Crippen LogP contribution is 2.39. The number of ether oxygens (including phenoxy) is 3. The first-order valence-electron chi connectivity index (χ1n) is 8.97. The summed E-state index contributed by atoms with van der Waals surface area (Å²) in [6.45, 7) is 2.46. The Balaban J connectivity index is 1.49. The highest BCUT2D eigenvalue weighted by atomic mass is 16.5. The number of hydrogen-bond donors (Lipinski definition) is 1. The number of carbonyl (C=O) groups is 2. The molecule has 1 atom stereocenters. The van der Waals surface area contributed by atoms with Crippen molar-refractivity contribution in [3.8, 4) is 17.6 Å². The van der Waals surface area contributed by atoms with E-state index >= 15 is 0 Å². The standard InChI is InChI=1S/C20H22N2O5/c1-20(13-21,15-5-6-15)22-18(23)12-27-19(24)8-4-14-3-7-16-17(11-14)26-10-2-9-25-16/h3-4,7-8,11,15H,2,5-6,9-10,12H2,1H3,(H,22,23)/b8-4+/t20-/m1/s1. The van der Waals surface area contributed by atoms with E-state index in [0.29, 0.717) is 24.7 Å². The van der Waals surface area contributed by atoms with Crippen molar-refractivity contribution in [2.24, 2.45) is 5.92 Å². The molecule has 1 fully saturated rings. The number of amides is 1. The van der Waals surface area contributed by atoms with Gasteiger partial charge in [-0.15, -0.1) is 0 Å². The number of hydrogen-bond acceptors (Lipinski definition) is 6. The lowest BCUT2D eigenvalue weighted by Gasteiger charge is -2.22. The summed E-state index contributed by atoms with van der Waals surface area (Å²) in [5, 5.41) is 11.9. The molecule has 0 bridgehead atoms. The van der Waals surface area contributed by atoms with Crippen LogP contribution in [-0.2, 0) is 14.3 Å². The molecule has 0 radical (unpaired) electrons. The van der Waals surface area contributed by atoms with E-state index in [1.807, 2.05) is 0 Å². The van der Waals surface area contributed by atoms with Gasteiger partial charge in [-0.2, -0.15) is 5.26 Å². The molecule has 1 aromatic rings. The van der Waals surface area contributed by atoms with E-state index in [1.54, 1.807) is 31.2 Å². The fourth-order valence-corrected chi connectivity index (χ4v) is 2.84. The van der Waals surface area contributed by atoms with Crippen LogP contribution in [0.2, 0.25) is 0 Å². The van der Waals surface area contributed by atoms with Crippen molar-refractivity contribution in [3.05, 3.63) is 29.8 Å². The molecule has 2 aliphatic rings. The predicted molar refractivity (Wildman–Crippen MR) is 96.9 cm³/mol. The average molecular weight is 370 g/mol. The maximum absolute atomic E-state index is 11.9. The summed E-state index contributed by atoms with van der Waals surface area (Å²) in [5.74, 6) is 0.366. The van der Waals surface area contributed by atoms with Crippen molar-refractivity contribution in [1.82, 2.24) is 5.32 Å². The van der Waals surface area contributed by atoms with Gasteiger partial charge in [-0.1, -0.05) is 6.07 Å². The normalized spacial score (nSPS) is 18.1. The molecule has 142 valence electrons. The molecule has 1 saturated carbocycles. The van der Waals surface area contributed by atoms with Crippen molar-refractivity contribution < 1.29 is 23.8 Å². The first kappa shape index (κ1) is 18.8. The van der Waals surface area contributed by atoms with E-state index in [-0.39, 0.29) is 5.92 Å². The van der Waals surface area contributed by atoms with E-state index < -0.39 is 24.0 Å². The van der Waals surface area contributed by atoms with Gasteiger partial charge in [-0.25, -0.2) is 4.79 Å². The number of benzene rings is 1. The maximum atomic E-state index is 11.9. The third-order valence-electron chi connectivity index (χ3n) is 4.55. The van der Waals surface area contributed by atoms with E-state index in [0.717, 1.165) is 24.8 Å². The van der Waals surface area contributed by atoms with E-state index in [1.165, 1.54) is 6.08 Å². The van der Waals surface area contributed by atoms with Crippen LogP contribution in [0.3, 0.4) is 0 Å². The van der Waals surface area contributed by atoms with Crippen molar-refractivity contribution in [2.75, 3.05) is 19.8 Å². The fraction of sp³-hybridized carbons (Fsp3) is 0.450. The zero-order valence-electron chi connectivity index (χ0n) is 15.2. The van der Waals surface area contributed by atoms with Crippen LogP contribution in [0.15, 0.2) is 24.3 Å². The van der Waals surface area contributed by atoms with Gasteiger partial charge in [-0.3, -0.25) is 4.79 Å². The topological polar surface area (TPSA) is 97.7 Å². The molecule has 1 N–H and O–H groups in total. The number of nitrogens with one attached hydrogen (secondary N) is 1. The number of nitriles is 1. The molecular weight excluding hydrogens is 348 g/mol. The van der Waals surface area contributed by atoms with Gasteiger partial charge in [0, 0.05) is 12.5 Å². The highest BCUT2D eigenvalue weighted by molar-refractivity contribution is 5.89. The minimum Gasteiger partial charge on any atom is -0.490 e. The van der Waals surface area contributed by atoms with Gasteiger partial charge in [0.15, 0.2) is 18.1 Å². The number of fused-ring (bicyclic) bond motifs is 1. The van der Waals surface area contributed by atoms with Crippen molar-refractivity contribution in [1.29, 1.82) is 5.26 Å². The Bertz CT molecular complexity index is 794. The van der Waals surface area contributed by atoms with Gasteiger partial charge in [-0.05, 0) is 49.5 Å². The third kappa shape index (κ3) is 5.00. The second-order valence-electron chi connectivity index (χ2n) is 6.83. The Morgan fingerprint density at radius 2 is 2.07 bits per heavy atom. The van der Waals surface area contributed by atoms with Crippen molar-refractivity contribution in [2.45, 2.75) is 31.7 Å². The number of esters is 1. The summed E-state index contributed by atoms with van der Waals surface area (Å²) in [5.41, 5.74) is -0.144. The summed E-state index contributed by atoms with van der Waals surface area (Å²) < 4.78 is 16.1. The molecule has 1 aliphatic heterocycles. The first-order chi connectivity index (χ1) is 13.0. The smallest absolute Gasteiger partial charge is 0.331 e. The van der Waals surface area contributed by atoms with E-state index in [4.69, 9.17) is 14.2 Å². The van der Waals surface area contributed by atoms with Crippen LogP contribution in [0, 0.1) is 17.2 Å². The monoisotopic (exact) mass is 370 g/mol. The molecule has 0 spiro atoms. The maximum Gasteiger partial charge on any atom is 0.331 e. The van der Waals surface area contributed by atoms with Crippen LogP contribution in [0.25, 0.3) is 6.08 Å². The van der Waals surface area contributed by atoms with Crippen molar-refractivity contribution >= 4 is 18.0 Å². The van der Waals surface area contributed by atoms with Crippen LogP contribution in [-0.4, -0.2) is 37.2 Å². The Kier molecular flexibility index (Phi) is 5.65. The molecule has 0 aromatic heterocycles. The van der Waals surface area contributed by atoms with Gasteiger partial charge < -0.3 is 19.5 Å². The molecule has 3 rings (SSSR count). The van der Waals surface area contributed by atoms with E-state index in [9.17, 15) is 14.9 Å². The summed E-state index contributed by atoms with van der Waals surface area (Å²) in [6, 6.07) is 7.50. The molecule has 1 heterocycles. The van der Waals surface area contributed by atoms with Gasteiger partial charge in [0.25, 0.3) is 5.91 Å². The van der Waals surface area contributed by atoms with E-state index in [2.05, 4.69) is 11.4 Å². The molecule has 7 nitrogen and oxygen atoms in total. The Hall–Kier alpha value is -3.01. The minimum atomic E-state index is -0.900. The molecule has 0 unspecified atom stereocenters. The molecule has 1 aromatic carbocycles. The van der Waals surface area contributed by atoms with Gasteiger partial charge in [0.05, 0.1) is 19.3 Å². The van der Waals surface area contributed by atoms with Crippen molar-refractivity contribution in [3.63, 3.8) is 0 Å². The summed E-state index contributed by atoms with van der Waals surface area (Å²) in [4.78, 5) is 23.8. The quantitative estimate of drug-likeness (QED) is 0.609. The number of nitrogens with zero attached hydrogens (tertiary/aromatic N) is 1. The zero-order valence-corrected chi connectivity index (χ0v) is 15.2. The lowest BCUT2D eigenvalue weighted by Crippen LogP contribution is -2.48. The Labute approximate surface area is 157 Å². The number of carbonyl (C=O) groups excluding carboxylic acids is 2. The summed E-state index contributed by atoms with van der Waals surface area (Å²) >= 11 is 0. The SMILES string of the molecule is C[C@](C#N)(NC(=O)COC(=O)/C=C/c1ccc2c(c1)OCCCO2)C1CC1. The third-order valence-corrected chi connectivity index (χ3v) is 4.55. The summed E-state index contributed by atoms with van der Waals surface area (Å²) in [6.07, 6.45) is 5.49. The molecule has 1 aliphatic carbocycles. The zero-order chi connectivity index (χ0) is 19.3. The minimum absolute atomic E-state index is 0.168. The van der Waals surface area contributed by atoms with Gasteiger partial charge >= 0.3 is 5.97 Å². The predicted octanol–water partition coefficient (Wildman–Crippen LogP) is 2.21. The Morgan fingerprint density at radius 3 is 2.78 bits per heavy atom. The Morgan fingerprint density at radius 1 is 1.33 bits per heavy atom. The second-order valence-corrected chi connectivity index (χ2v) is 6.83. The van der Waals surface area contributed by atoms with Crippen LogP contribution in [0.5, 0.6) is 11.5 Å². The molecule has 7 heteroatoms. The lowest BCUT2D eigenvalue weighted by atomic mass is 9.98. The molecule has 1 amide bonds. The van der Waals surface area contributed by atoms with Crippen LogP contribution in [0.1, 0.15) is 31.7 Å². The molecule has 27 heavy (non-hydrogen) atoms. The first-order valence-corrected chi connectivity index (χ1v) is 8.97. The van der Waals surface area contributed by atoms with Crippen LogP contribution in [0.4, 0.5) is 0 Å². The molecular formula is C20H22N2O5. The van der Waals surface area contributed by atoms with Crippen LogP contribution < -0.4 is 14.8 Å². The van der Waals surface area contributed by atoms with Gasteiger partial charge in [0.1, 0.15) is 5.54 Å². The number of rotatable bonds is 6. The van der Waals surface area contributed by atoms with Gasteiger partial charge in [0.2, 0.25) is 0 Å². The summed E-state index contributed by atoms with van der Waals surface area (Å²) in [7, 11) is 0. The fourth-order valence-electron chi connectivity index (χ4n) is 2.84. The average Bonchev–Trinajstić information content (AvgIpc) is 3.51. The van der Waals surface area contributed by atoms with Crippen LogP contribution >= 0.6 is 0 Å². The second kappa shape index (κ2) is 8.12.